The fourth-order valence-electron chi connectivity index (χ4n) is 1.00. The highest BCUT2D eigenvalue weighted by Gasteiger charge is 2.07. The standard InChI is InChI=1S/C12H16O3/c1-10(2)12(13)15-9-14-8-11-6-4-3-5-7-11/h3-7,10H,8-9H2,1-2H3. The molecule has 0 fully saturated rings. The van der Waals surface area contributed by atoms with Crippen LogP contribution in [0.15, 0.2) is 30.3 Å². The molecule has 0 unspecified atom stereocenters. The molecule has 1 aromatic rings. The van der Waals surface area contributed by atoms with Crippen molar-refractivity contribution < 1.29 is 14.3 Å². The maximum atomic E-state index is 11.1. The van der Waals surface area contributed by atoms with Crippen molar-refractivity contribution in [3.05, 3.63) is 35.9 Å². The first-order valence-corrected chi connectivity index (χ1v) is 4.98. The van der Waals surface area contributed by atoms with E-state index in [2.05, 4.69) is 0 Å². The second-order valence-electron chi connectivity index (χ2n) is 3.57. The molecule has 0 amide bonds. The Morgan fingerprint density at radius 1 is 1.27 bits per heavy atom. The topological polar surface area (TPSA) is 35.5 Å². The van der Waals surface area contributed by atoms with Crippen LogP contribution in [-0.2, 0) is 20.9 Å². The minimum atomic E-state index is -0.233. The Kier molecular flexibility index (Phi) is 4.84. The smallest absolute Gasteiger partial charge is 0.310 e. The summed E-state index contributed by atoms with van der Waals surface area (Å²) < 4.78 is 10.1. The van der Waals surface area contributed by atoms with Crippen LogP contribution in [0.25, 0.3) is 0 Å². The molecule has 0 aromatic heterocycles. The number of rotatable bonds is 5. The van der Waals surface area contributed by atoms with E-state index in [0.717, 1.165) is 5.56 Å². The van der Waals surface area contributed by atoms with E-state index in [1.165, 1.54) is 0 Å². The molecule has 0 aliphatic rings. The van der Waals surface area contributed by atoms with Crippen LogP contribution >= 0.6 is 0 Å². The highest BCUT2D eigenvalue weighted by molar-refractivity contribution is 5.71. The quantitative estimate of drug-likeness (QED) is 0.423. The summed E-state index contributed by atoms with van der Waals surface area (Å²) in [5.41, 5.74) is 1.07. The van der Waals surface area contributed by atoms with Crippen LogP contribution in [0.4, 0.5) is 0 Å². The van der Waals surface area contributed by atoms with Gasteiger partial charge >= 0.3 is 5.97 Å². The van der Waals surface area contributed by atoms with Crippen molar-refractivity contribution in [1.29, 1.82) is 0 Å². The molecule has 0 aliphatic carbocycles. The van der Waals surface area contributed by atoms with Crippen molar-refractivity contribution in [1.82, 2.24) is 0 Å². The Balaban J connectivity index is 2.15. The van der Waals surface area contributed by atoms with Gasteiger partial charge < -0.3 is 9.47 Å². The maximum Gasteiger partial charge on any atom is 0.310 e. The van der Waals surface area contributed by atoms with Crippen LogP contribution in [0, 0.1) is 5.92 Å². The van der Waals surface area contributed by atoms with Gasteiger partial charge in [0.15, 0.2) is 6.79 Å². The van der Waals surface area contributed by atoms with Crippen LogP contribution in [0.1, 0.15) is 19.4 Å². The van der Waals surface area contributed by atoms with Gasteiger partial charge in [0.2, 0.25) is 0 Å². The fourth-order valence-corrected chi connectivity index (χ4v) is 1.00. The van der Waals surface area contributed by atoms with Crippen molar-refractivity contribution in [2.24, 2.45) is 5.92 Å². The molecule has 0 N–H and O–H groups in total. The minimum Gasteiger partial charge on any atom is -0.438 e. The number of hydrogen-bond donors (Lipinski definition) is 0. The molecule has 3 nitrogen and oxygen atoms in total. The fraction of sp³-hybridized carbons (Fsp3) is 0.417. The van der Waals surface area contributed by atoms with Crippen LogP contribution in [0.3, 0.4) is 0 Å². The van der Waals surface area contributed by atoms with E-state index < -0.39 is 0 Å². The van der Waals surface area contributed by atoms with Gasteiger partial charge in [0.25, 0.3) is 0 Å². The summed E-state index contributed by atoms with van der Waals surface area (Å²) in [7, 11) is 0. The zero-order valence-corrected chi connectivity index (χ0v) is 9.10. The van der Waals surface area contributed by atoms with Crippen molar-refractivity contribution in [2.75, 3.05) is 6.79 Å². The number of carbonyl (C=O) groups excluding carboxylic acids is 1. The first kappa shape index (κ1) is 11.7. The molecule has 0 heterocycles. The van der Waals surface area contributed by atoms with E-state index >= 15 is 0 Å². The van der Waals surface area contributed by atoms with Crippen molar-refractivity contribution in [3.8, 4) is 0 Å². The Labute approximate surface area is 90.0 Å². The molecular weight excluding hydrogens is 192 g/mol. The lowest BCUT2D eigenvalue weighted by molar-refractivity contribution is -0.161. The van der Waals surface area contributed by atoms with Crippen LogP contribution < -0.4 is 0 Å². The number of esters is 1. The lowest BCUT2D eigenvalue weighted by Gasteiger charge is -2.07. The molecule has 0 radical (unpaired) electrons. The monoisotopic (exact) mass is 208 g/mol. The molecule has 0 atom stereocenters. The van der Waals surface area contributed by atoms with E-state index in [1.807, 2.05) is 30.3 Å². The average molecular weight is 208 g/mol. The van der Waals surface area contributed by atoms with E-state index in [9.17, 15) is 4.79 Å². The second kappa shape index (κ2) is 6.19. The summed E-state index contributed by atoms with van der Waals surface area (Å²) >= 11 is 0. The number of ether oxygens (including phenoxy) is 2. The molecule has 0 aliphatic heterocycles. The Bertz CT molecular complexity index is 293. The van der Waals surface area contributed by atoms with E-state index in [-0.39, 0.29) is 18.7 Å². The third kappa shape index (κ3) is 4.61. The van der Waals surface area contributed by atoms with E-state index in [1.54, 1.807) is 13.8 Å². The highest BCUT2D eigenvalue weighted by atomic mass is 16.7. The van der Waals surface area contributed by atoms with Crippen molar-refractivity contribution in [2.45, 2.75) is 20.5 Å². The molecule has 0 saturated heterocycles. The van der Waals surface area contributed by atoms with E-state index in [4.69, 9.17) is 9.47 Å². The lowest BCUT2D eigenvalue weighted by Crippen LogP contribution is -2.13. The predicted molar refractivity (Wildman–Crippen MR) is 57.0 cm³/mol. The first-order valence-electron chi connectivity index (χ1n) is 4.98. The van der Waals surface area contributed by atoms with Gasteiger partial charge in [-0.05, 0) is 5.56 Å². The Morgan fingerprint density at radius 2 is 1.93 bits per heavy atom. The normalized spacial score (nSPS) is 10.3. The number of carbonyl (C=O) groups is 1. The lowest BCUT2D eigenvalue weighted by atomic mass is 10.2. The summed E-state index contributed by atoms with van der Waals surface area (Å²) in [6, 6.07) is 9.76. The third-order valence-electron chi connectivity index (χ3n) is 1.87. The van der Waals surface area contributed by atoms with Crippen LogP contribution in [0.5, 0.6) is 0 Å². The summed E-state index contributed by atoms with van der Waals surface area (Å²) in [6.45, 7) is 4.07. The van der Waals surface area contributed by atoms with Crippen LogP contribution in [0.2, 0.25) is 0 Å². The van der Waals surface area contributed by atoms with Gasteiger partial charge in [0.05, 0.1) is 12.5 Å². The summed E-state index contributed by atoms with van der Waals surface area (Å²) in [4.78, 5) is 11.1. The van der Waals surface area contributed by atoms with Gasteiger partial charge in [0.1, 0.15) is 0 Å². The van der Waals surface area contributed by atoms with Gasteiger partial charge in [-0.2, -0.15) is 0 Å². The third-order valence-corrected chi connectivity index (χ3v) is 1.87. The molecule has 15 heavy (non-hydrogen) atoms. The largest absolute Gasteiger partial charge is 0.438 e. The Hall–Kier alpha value is -1.35. The van der Waals surface area contributed by atoms with Gasteiger partial charge in [-0.3, -0.25) is 4.79 Å². The van der Waals surface area contributed by atoms with Crippen LogP contribution in [-0.4, -0.2) is 12.8 Å². The van der Waals surface area contributed by atoms with Gasteiger partial charge in [-0.15, -0.1) is 0 Å². The molecule has 0 bridgehead atoms. The molecule has 1 rings (SSSR count). The molecule has 0 saturated carbocycles. The maximum absolute atomic E-state index is 11.1. The summed E-state index contributed by atoms with van der Waals surface area (Å²) in [5, 5.41) is 0. The summed E-state index contributed by atoms with van der Waals surface area (Å²) in [6.07, 6.45) is 0. The predicted octanol–water partition coefficient (Wildman–Crippen LogP) is 2.36. The second-order valence-corrected chi connectivity index (χ2v) is 3.57. The van der Waals surface area contributed by atoms with Crippen molar-refractivity contribution in [3.63, 3.8) is 0 Å². The van der Waals surface area contributed by atoms with Crippen molar-refractivity contribution >= 4 is 5.97 Å². The van der Waals surface area contributed by atoms with E-state index in [0.29, 0.717) is 6.61 Å². The van der Waals surface area contributed by atoms with Gasteiger partial charge in [-0.1, -0.05) is 44.2 Å². The summed E-state index contributed by atoms with van der Waals surface area (Å²) in [5.74, 6) is -0.339. The molecule has 0 spiro atoms. The molecule has 3 heteroatoms. The number of hydrogen-bond acceptors (Lipinski definition) is 3. The number of benzene rings is 1. The Morgan fingerprint density at radius 3 is 2.53 bits per heavy atom. The zero-order chi connectivity index (χ0) is 11.1. The highest BCUT2D eigenvalue weighted by Crippen LogP contribution is 2.01. The zero-order valence-electron chi connectivity index (χ0n) is 9.10. The molecule has 82 valence electrons. The first-order chi connectivity index (χ1) is 7.20. The average Bonchev–Trinajstić information content (AvgIpc) is 2.25. The molecular formula is C12H16O3. The minimum absolute atomic E-state index is 0.0197. The molecule has 1 aromatic carbocycles. The SMILES string of the molecule is CC(C)C(=O)OCOCc1ccccc1. The van der Waals surface area contributed by atoms with Gasteiger partial charge in [-0.25, -0.2) is 0 Å². The van der Waals surface area contributed by atoms with Gasteiger partial charge in [0, 0.05) is 0 Å².